The Morgan fingerprint density at radius 1 is 1.40 bits per heavy atom. The van der Waals surface area contributed by atoms with Crippen molar-refractivity contribution in [3.05, 3.63) is 57.7 Å². The highest BCUT2D eigenvalue weighted by Gasteiger charge is 2.19. The number of halogens is 1. The number of aromatic nitrogens is 4. The standard InChI is InChI=1S/C17H18ClN5O2/c1-11(12-5-4-6-13(18)7-12)21(2)15(24)9-23-10-19-16-14(17(23)25)8-20-22(16)3/h4-8,10-11H,9H2,1-3H3. The molecule has 1 unspecified atom stereocenters. The fourth-order valence-electron chi connectivity index (χ4n) is 2.64. The summed E-state index contributed by atoms with van der Waals surface area (Å²) in [4.78, 5) is 30.8. The molecule has 1 atom stereocenters. The Kier molecular flexibility index (Phi) is 4.59. The van der Waals surface area contributed by atoms with Crippen molar-refractivity contribution in [1.82, 2.24) is 24.2 Å². The average Bonchev–Trinajstić information content (AvgIpc) is 2.97. The summed E-state index contributed by atoms with van der Waals surface area (Å²) in [5, 5.41) is 5.03. The van der Waals surface area contributed by atoms with Gasteiger partial charge in [-0.15, -0.1) is 0 Å². The number of nitrogens with zero attached hydrogens (tertiary/aromatic N) is 5. The minimum absolute atomic E-state index is 0.0852. The lowest BCUT2D eigenvalue weighted by atomic mass is 10.1. The number of hydrogen-bond acceptors (Lipinski definition) is 4. The van der Waals surface area contributed by atoms with Gasteiger partial charge >= 0.3 is 0 Å². The van der Waals surface area contributed by atoms with Gasteiger partial charge < -0.3 is 4.90 Å². The number of aryl methyl sites for hydroxylation is 1. The van der Waals surface area contributed by atoms with E-state index in [-0.39, 0.29) is 24.1 Å². The maximum atomic E-state index is 12.6. The molecule has 3 rings (SSSR count). The molecule has 0 fully saturated rings. The van der Waals surface area contributed by atoms with E-state index in [4.69, 9.17) is 11.6 Å². The maximum Gasteiger partial charge on any atom is 0.264 e. The van der Waals surface area contributed by atoms with Crippen LogP contribution < -0.4 is 5.56 Å². The molecule has 0 radical (unpaired) electrons. The van der Waals surface area contributed by atoms with Crippen molar-refractivity contribution in [2.45, 2.75) is 19.5 Å². The van der Waals surface area contributed by atoms with E-state index in [0.717, 1.165) is 5.56 Å². The van der Waals surface area contributed by atoms with Crippen LogP contribution in [0.5, 0.6) is 0 Å². The Morgan fingerprint density at radius 2 is 2.16 bits per heavy atom. The van der Waals surface area contributed by atoms with Crippen LogP contribution in [0.15, 0.2) is 41.6 Å². The first-order chi connectivity index (χ1) is 11.9. The van der Waals surface area contributed by atoms with Gasteiger partial charge in [-0.25, -0.2) is 4.98 Å². The van der Waals surface area contributed by atoms with E-state index in [0.29, 0.717) is 16.1 Å². The van der Waals surface area contributed by atoms with Gasteiger partial charge in [0, 0.05) is 19.1 Å². The monoisotopic (exact) mass is 359 g/mol. The molecule has 0 aliphatic heterocycles. The molecular weight excluding hydrogens is 342 g/mol. The molecule has 7 nitrogen and oxygen atoms in total. The molecule has 0 N–H and O–H groups in total. The molecule has 25 heavy (non-hydrogen) atoms. The number of carbonyl (C=O) groups excluding carboxylic acids is 1. The van der Waals surface area contributed by atoms with Gasteiger partial charge in [0.05, 0.1) is 12.2 Å². The van der Waals surface area contributed by atoms with Crippen LogP contribution in [-0.2, 0) is 18.4 Å². The highest BCUT2D eigenvalue weighted by atomic mass is 35.5. The normalized spacial score (nSPS) is 12.3. The molecule has 1 aromatic carbocycles. The summed E-state index contributed by atoms with van der Waals surface area (Å²) in [5.41, 5.74) is 1.14. The number of rotatable bonds is 4. The molecule has 3 aromatic rings. The summed E-state index contributed by atoms with van der Waals surface area (Å²) in [7, 11) is 3.42. The van der Waals surface area contributed by atoms with Crippen LogP contribution in [0.25, 0.3) is 11.0 Å². The predicted octanol–water partition coefficient (Wildman–Crippen LogP) is 2.00. The molecule has 0 aliphatic rings. The van der Waals surface area contributed by atoms with Gasteiger partial charge in [-0.2, -0.15) is 5.10 Å². The van der Waals surface area contributed by atoms with E-state index in [1.165, 1.54) is 21.8 Å². The van der Waals surface area contributed by atoms with Crippen LogP contribution in [0.3, 0.4) is 0 Å². The Hall–Kier alpha value is -2.67. The van der Waals surface area contributed by atoms with Crippen LogP contribution in [0, 0.1) is 0 Å². The summed E-state index contributed by atoms with van der Waals surface area (Å²) in [6, 6.07) is 7.20. The first kappa shape index (κ1) is 17.2. The van der Waals surface area contributed by atoms with E-state index in [9.17, 15) is 9.59 Å². The van der Waals surface area contributed by atoms with E-state index in [2.05, 4.69) is 10.1 Å². The van der Waals surface area contributed by atoms with Crippen molar-refractivity contribution in [3.63, 3.8) is 0 Å². The fraction of sp³-hybridized carbons (Fsp3) is 0.294. The minimum atomic E-state index is -0.282. The van der Waals surface area contributed by atoms with Gasteiger partial charge in [0.25, 0.3) is 5.56 Å². The Labute approximate surface area is 149 Å². The third kappa shape index (κ3) is 3.28. The molecular formula is C17H18ClN5O2. The number of benzene rings is 1. The van der Waals surface area contributed by atoms with Gasteiger partial charge in [-0.3, -0.25) is 18.8 Å². The number of carbonyl (C=O) groups is 1. The first-order valence-corrected chi connectivity index (χ1v) is 8.14. The van der Waals surface area contributed by atoms with E-state index < -0.39 is 0 Å². The highest BCUT2D eigenvalue weighted by Crippen LogP contribution is 2.22. The fourth-order valence-corrected chi connectivity index (χ4v) is 2.84. The number of hydrogen-bond donors (Lipinski definition) is 0. The predicted molar refractivity (Wildman–Crippen MR) is 95.4 cm³/mol. The molecule has 1 amide bonds. The second-order valence-electron chi connectivity index (χ2n) is 5.92. The second-order valence-corrected chi connectivity index (χ2v) is 6.36. The molecule has 0 aliphatic carbocycles. The quantitative estimate of drug-likeness (QED) is 0.714. The lowest BCUT2D eigenvalue weighted by Gasteiger charge is -2.25. The van der Waals surface area contributed by atoms with Gasteiger partial charge in [-0.05, 0) is 24.6 Å². The Bertz CT molecular complexity index is 994. The summed E-state index contributed by atoms with van der Waals surface area (Å²) >= 11 is 6.02. The summed E-state index contributed by atoms with van der Waals surface area (Å²) < 4.78 is 2.82. The van der Waals surface area contributed by atoms with Crippen LogP contribution in [-0.4, -0.2) is 37.2 Å². The number of amides is 1. The van der Waals surface area contributed by atoms with Crippen molar-refractivity contribution in [2.75, 3.05) is 7.05 Å². The zero-order valence-corrected chi connectivity index (χ0v) is 14.9. The lowest BCUT2D eigenvalue weighted by Crippen LogP contribution is -2.35. The average molecular weight is 360 g/mol. The van der Waals surface area contributed by atoms with E-state index in [1.807, 2.05) is 25.1 Å². The van der Waals surface area contributed by atoms with Crippen molar-refractivity contribution < 1.29 is 4.79 Å². The SMILES string of the molecule is CC(c1cccc(Cl)c1)N(C)C(=O)Cn1cnc2c(cnn2C)c1=O. The molecule has 0 bridgehead atoms. The third-order valence-electron chi connectivity index (χ3n) is 4.33. The molecule has 8 heteroatoms. The summed E-state index contributed by atoms with van der Waals surface area (Å²) in [6.07, 6.45) is 2.84. The van der Waals surface area contributed by atoms with E-state index in [1.54, 1.807) is 25.1 Å². The number of fused-ring (bicyclic) bond motifs is 1. The first-order valence-electron chi connectivity index (χ1n) is 7.76. The van der Waals surface area contributed by atoms with Crippen molar-refractivity contribution in [3.8, 4) is 0 Å². The molecule has 2 aromatic heterocycles. The highest BCUT2D eigenvalue weighted by molar-refractivity contribution is 6.30. The van der Waals surface area contributed by atoms with Gasteiger partial charge in [-0.1, -0.05) is 23.7 Å². The largest absolute Gasteiger partial charge is 0.337 e. The van der Waals surface area contributed by atoms with Crippen molar-refractivity contribution in [1.29, 1.82) is 0 Å². The molecule has 0 saturated heterocycles. The zero-order valence-electron chi connectivity index (χ0n) is 14.2. The van der Waals surface area contributed by atoms with Crippen molar-refractivity contribution in [2.24, 2.45) is 7.05 Å². The molecule has 0 saturated carbocycles. The minimum Gasteiger partial charge on any atom is -0.337 e. The topological polar surface area (TPSA) is 73.0 Å². The summed E-state index contributed by atoms with van der Waals surface area (Å²) in [5.74, 6) is -0.195. The third-order valence-corrected chi connectivity index (χ3v) is 4.56. The molecule has 0 spiro atoms. The van der Waals surface area contributed by atoms with Crippen molar-refractivity contribution >= 4 is 28.5 Å². The smallest absolute Gasteiger partial charge is 0.264 e. The lowest BCUT2D eigenvalue weighted by molar-refractivity contribution is -0.132. The van der Waals surface area contributed by atoms with Gasteiger partial charge in [0.15, 0.2) is 5.65 Å². The van der Waals surface area contributed by atoms with Crippen LogP contribution in [0.4, 0.5) is 0 Å². The summed E-state index contributed by atoms with van der Waals surface area (Å²) in [6.45, 7) is 1.83. The Morgan fingerprint density at radius 3 is 2.88 bits per heavy atom. The Balaban J connectivity index is 1.82. The van der Waals surface area contributed by atoms with E-state index >= 15 is 0 Å². The maximum absolute atomic E-state index is 12.6. The zero-order chi connectivity index (χ0) is 18.1. The van der Waals surface area contributed by atoms with Gasteiger partial charge in [0.1, 0.15) is 18.3 Å². The number of likely N-dealkylation sites (N-methyl/N-ethyl adjacent to an activating group) is 1. The second kappa shape index (κ2) is 6.68. The van der Waals surface area contributed by atoms with Gasteiger partial charge in [0.2, 0.25) is 5.91 Å². The molecule has 2 heterocycles. The molecule has 130 valence electrons. The van der Waals surface area contributed by atoms with Crippen LogP contribution in [0.2, 0.25) is 5.02 Å². The van der Waals surface area contributed by atoms with Crippen LogP contribution >= 0.6 is 11.6 Å². The van der Waals surface area contributed by atoms with Crippen LogP contribution in [0.1, 0.15) is 18.5 Å².